The van der Waals surface area contributed by atoms with Gasteiger partial charge in [0.2, 0.25) is 11.8 Å². The monoisotopic (exact) mass is 601 g/mol. The van der Waals surface area contributed by atoms with E-state index in [1.165, 1.54) is 4.90 Å². The molecule has 3 aromatic carbocycles. The number of hydrogen-bond donors (Lipinski definition) is 0. The molecule has 5 rings (SSSR count). The Kier molecular flexibility index (Phi) is 9.67. The number of halogens is 1. The zero-order chi connectivity index (χ0) is 30.3. The summed E-state index contributed by atoms with van der Waals surface area (Å²) >= 11 is 6.15. The van der Waals surface area contributed by atoms with Gasteiger partial charge < -0.3 is 24.2 Å². The van der Waals surface area contributed by atoms with Gasteiger partial charge in [0.05, 0.1) is 12.2 Å². The van der Waals surface area contributed by atoms with E-state index in [4.69, 9.17) is 21.1 Å². The molecule has 3 aromatic rings. The van der Waals surface area contributed by atoms with E-state index in [0.29, 0.717) is 54.8 Å². The number of amides is 2. The quantitative estimate of drug-likeness (QED) is 0.305. The average Bonchev–Trinajstić information content (AvgIpc) is 3.02. The molecule has 0 N–H and O–H groups in total. The third kappa shape index (κ3) is 7.20. The van der Waals surface area contributed by atoms with Crippen molar-refractivity contribution in [2.75, 3.05) is 44.2 Å². The second-order valence-electron chi connectivity index (χ2n) is 10.6. The molecule has 2 heterocycles. The van der Waals surface area contributed by atoms with Crippen LogP contribution in [0.3, 0.4) is 0 Å². The van der Waals surface area contributed by atoms with Gasteiger partial charge in [-0.3, -0.25) is 9.59 Å². The van der Waals surface area contributed by atoms with E-state index in [1.807, 2.05) is 78.9 Å². The van der Waals surface area contributed by atoms with E-state index in [1.54, 1.807) is 18.7 Å². The molecule has 0 saturated carbocycles. The van der Waals surface area contributed by atoms with Gasteiger partial charge in [0.25, 0.3) is 0 Å². The second kappa shape index (κ2) is 13.8. The predicted octanol–water partition coefficient (Wildman–Crippen LogP) is 5.42. The molecule has 43 heavy (non-hydrogen) atoms. The Morgan fingerprint density at radius 1 is 0.930 bits per heavy atom. The van der Waals surface area contributed by atoms with E-state index < -0.39 is 11.9 Å². The highest BCUT2D eigenvalue weighted by Crippen LogP contribution is 2.37. The summed E-state index contributed by atoms with van der Waals surface area (Å²) in [5, 5.41) is 0.671. The Hall–Kier alpha value is -4.30. The zero-order valence-corrected chi connectivity index (χ0v) is 25.3. The molecule has 0 radical (unpaired) electrons. The van der Waals surface area contributed by atoms with Crippen LogP contribution in [0.25, 0.3) is 0 Å². The minimum Gasteiger partial charge on any atom is -0.489 e. The van der Waals surface area contributed by atoms with Crippen LogP contribution < -0.4 is 9.64 Å². The van der Waals surface area contributed by atoms with Gasteiger partial charge in [-0.1, -0.05) is 60.1 Å². The molecule has 1 atom stereocenters. The maximum atomic E-state index is 13.5. The third-order valence-corrected chi connectivity index (χ3v) is 8.18. The van der Waals surface area contributed by atoms with Gasteiger partial charge in [0.15, 0.2) is 0 Å². The highest BCUT2D eigenvalue weighted by Gasteiger charge is 2.38. The largest absolute Gasteiger partial charge is 0.489 e. The van der Waals surface area contributed by atoms with Crippen molar-refractivity contribution in [1.82, 2.24) is 9.80 Å². The van der Waals surface area contributed by atoms with Crippen LogP contribution in [0.5, 0.6) is 5.75 Å². The fraction of sp³-hybridized carbons (Fsp3) is 0.324. The van der Waals surface area contributed by atoms with Crippen molar-refractivity contribution in [3.63, 3.8) is 0 Å². The molecule has 0 spiro atoms. The highest BCUT2D eigenvalue weighted by molar-refractivity contribution is 6.30. The van der Waals surface area contributed by atoms with Gasteiger partial charge in [0.1, 0.15) is 18.9 Å². The number of allylic oxidation sites excluding steroid dienone is 1. The summed E-state index contributed by atoms with van der Waals surface area (Å²) in [6.07, 6.45) is 0.0610. The van der Waals surface area contributed by atoms with E-state index in [2.05, 4.69) is 4.90 Å². The number of esters is 1. The van der Waals surface area contributed by atoms with E-state index in [9.17, 15) is 14.4 Å². The first-order valence-corrected chi connectivity index (χ1v) is 14.9. The second-order valence-corrected chi connectivity index (χ2v) is 11.1. The number of ether oxygens (including phenoxy) is 2. The van der Waals surface area contributed by atoms with Crippen molar-refractivity contribution in [2.24, 2.45) is 0 Å². The molecule has 0 aromatic heterocycles. The molecule has 8 nitrogen and oxygen atoms in total. The van der Waals surface area contributed by atoms with Crippen LogP contribution >= 0.6 is 11.6 Å². The minimum absolute atomic E-state index is 0.0610. The van der Waals surface area contributed by atoms with Crippen molar-refractivity contribution in [3.05, 3.63) is 106 Å². The van der Waals surface area contributed by atoms with Crippen molar-refractivity contribution < 1.29 is 23.9 Å². The highest BCUT2D eigenvalue weighted by atomic mass is 35.5. The standard InChI is InChI=1S/C34H36ClN3O5/c1-3-42-34(41)33-24(2)38(22-32(40)37-18-16-36(17-19-37)28-11-7-10-27(35)20-28)31(39)21-30(33)26-12-14-29(15-13-26)43-23-25-8-5-4-6-9-25/h4-15,20,30H,3,16-19,21-23H2,1-2H3. The normalized spacial score (nSPS) is 17.2. The van der Waals surface area contributed by atoms with Crippen LogP contribution in [0.4, 0.5) is 5.69 Å². The molecule has 1 unspecified atom stereocenters. The number of benzene rings is 3. The van der Waals surface area contributed by atoms with E-state index in [0.717, 1.165) is 16.8 Å². The number of hydrogen-bond acceptors (Lipinski definition) is 6. The summed E-state index contributed by atoms with van der Waals surface area (Å²) in [5.74, 6) is -0.626. The number of carbonyl (C=O) groups excluding carboxylic acids is 3. The lowest BCUT2D eigenvalue weighted by Crippen LogP contribution is -2.52. The summed E-state index contributed by atoms with van der Waals surface area (Å²) < 4.78 is 11.3. The van der Waals surface area contributed by atoms with Gasteiger partial charge in [0, 0.05) is 54.9 Å². The lowest BCUT2D eigenvalue weighted by atomic mass is 9.83. The number of nitrogens with zero attached hydrogens (tertiary/aromatic N) is 3. The van der Waals surface area contributed by atoms with Crippen molar-refractivity contribution in [3.8, 4) is 5.75 Å². The Morgan fingerprint density at radius 2 is 1.65 bits per heavy atom. The van der Waals surface area contributed by atoms with Crippen LogP contribution in [0.15, 0.2) is 90.1 Å². The van der Waals surface area contributed by atoms with Crippen molar-refractivity contribution in [1.29, 1.82) is 0 Å². The van der Waals surface area contributed by atoms with Crippen LogP contribution in [-0.4, -0.2) is 66.9 Å². The molecule has 0 aliphatic carbocycles. The van der Waals surface area contributed by atoms with Gasteiger partial charge in [-0.05, 0) is 55.3 Å². The molecule has 2 amide bonds. The summed E-state index contributed by atoms with van der Waals surface area (Å²) in [4.78, 5) is 45.4. The Balaban J connectivity index is 1.28. The van der Waals surface area contributed by atoms with Crippen LogP contribution in [-0.2, 0) is 25.7 Å². The minimum atomic E-state index is -0.484. The van der Waals surface area contributed by atoms with Crippen molar-refractivity contribution in [2.45, 2.75) is 32.8 Å². The number of carbonyl (C=O) groups is 3. The average molecular weight is 602 g/mol. The first-order chi connectivity index (χ1) is 20.8. The molecule has 2 aliphatic heterocycles. The van der Waals surface area contributed by atoms with Gasteiger partial charge in [-0.15, -0.1) is 0 Å². The molecular formula is C34H36ClN3O5. The van der Waals surface area contributed by atoms with E-state index >= 15 is 0 Å². The number of anilines is 1. The molecule has 0 bridgehead atoms. The first kappa shape index (κ1) is 30.2. The smallest absolute Gasteiger partial charge is 0.336 e. The summed E-state index contributed by atoms with van der Waals surface area (Å²) in [6, 6.07) is 25.0. The van der Waals surface area contributed by atoms with Gasteiger partial charge >= 0.3 is 5.97 Å². The predicted molar refractivity (Wildman–Crippen MR) is 166 cm³/mol. The number of piperazine rings is 1. The lowest BCUT2D eigenvalue weighted by molar-refractivity contribution is -0.142. The summed E-state index contributed by atoms with van der Waals surface area (Å²) in [6.45, 7) is 6.38. The molecule has 1 fully saturated rings. The fourth-order valence-electron chi connectivity index (χ4n) is 5.62. The SMILES string of the molecule is CCOC(=O)C1=C(C)N(CC(=O)N2CCN(c3cccc(Cl)c3)CC2)C(=O)CC1c1ccc(OCc2ccccc2)cc1. The Morgan fingerprint density at radius 3 is 2.33 bits per heavy atom. The Bertz CT molecular complexity index is 1480. The number of rotatable bonds is 9. The molecule has 224 valence electrons. The van der Waals surface area contributed by atoms with Gasteiger partial charge in [-0.25, -0.2) is 4.79 Å². The van der Waals surface area contributed by atoms with Crippen LogP contribution in [0.2, 0.25) is 5.02 Å². The van der Waals surface area contributed by atoms with E-state index in [-0.39, 0.29) is 31.4 Å². The third-order valence-electron chi connectivity index (χ3n) is 7.95. The maximum Gasteiger partial charge on any atom is 0.336 e. The van der Waals surface area contributed by atoms with Gasteiger partial charge in [-0.2, -0.15) is 0 Å². The van der Waals surface area contributed by atoms with Crippen LogP contribution in [0.1, 0.15) is 37.3 Å². The molecular weight excluding hydrogens is 566 g/mol. The fourth-order valence-corrected chi connectivity index (χ4v) is 5.81. The molecule has 2 aliphatic rings. The van der Waals surface area contributed by atoms with Crippen molar-refractivity contribution >= 4 is 35.1 Å². The summed E-state index contributed by atoms with van der Waals surface area (Å²) in [7, 11) is 0. The lowest BCUT2D eigenvalue weighted by Gasteiger charge is -2.38. The first-order valence-electron chi connectivity index (χ1n) is 14.6. The molecule has 1 saturated heterocycles. The van der Waals surface area contributed by atoms with Crippen LogP contribution in [0, 0.1) is 0 Å². The molecule has 9 heteroatoms. The zero-order valence-electron chi connectivity index (χ0n) is 24.5. The topological polar surface area (TPSA) is 79.4 Å². The summed E-state index contributed by atoms with van der Waals surface area (Å²) in [5.41, 5.74) is 3.75. The Labute approximate surface area is 257 Å². The maximum absolute atomic E-state index is 13.5.